The lowest BCUT2D eigenvalue weighted by Crippen LogP contribution is -2.34. The van der Waals surface area contributed by atoms with Gasteiger partial charge in [0.2, 0.25) is 5.91 Å². The molecule has 2 aromatic rings. The maximum absolute atomic E-state index is 12.2. The van der Waals surface area contributed by atoms with E-state index in [-0.39, 0.29) is 11.2 Å². The lowest BCUT2D eigenvalue weighted by molar-refractivity contribution is -0.120. The van der Waals surface area contributed by atoms with Gasteiger partial charge in [-0.3, -0.25) is 4.79 Å². The topological polar surface area (TPSA) is 38.3 Å². The zero-order chi connectivity index (χ0) is 18.1. The molecule has 1 N–H and O–H groups in total. The van der Waals surface area contributed by atoms with E-state index in [2.05, 4.69) is 37.4 Å². The van der Waals surface area contributed by atoms with E-state index < -0.39 is 0 Å². The van der Waals surface area contributed by atoms with Gasteiger partial charge in [-0.2, -0.15) is 0 Å². The zero-order valence-electron chi connectivity index (χ0n) is 15.2. The molecular formula is C21H27NO2S. The van der Waals surface area contributed by atoms with Crippen molar-refractivity contribution in [2.45, 2.75) is 37.7 Å². The van der Waals surface area contributed by atoms with Crippen LogP contribution in [0.2, 0.25) is 0 Å². The second-order valence-electron chi connectivity index (χ2n) is 6.27. The third-order valence-electron chi connectivity index (χ3n) is 3.91. The highest BCUT2D eigenvalue weighted by molar-refractivity contribution is 7.99. The van der Waals surface area contributed by atoms with Gasteiger partial charge in [-0.25, -0.2) is 0 Å². The number of benzene rings is 2. The van der Waals surface area contributed by atoms with Gasteiger partial charge in [0, 0.05) is 5.75 Å². The summed E-state index contributed by atoms with van der Waals surface area (Å²) in [5, 5.41) is 2.87. The monoisotopic (exact) mass is 357 g/mol. The van der Waals surface area contributed by atoms with Crippen LogP contribution in [0.15, 0.2) is 54.6 Å². The highest BCUT2D eigenvalue weighted by atomic mass is 32.2. The van der Waals surface area contributed by atoms with E-state index in [0.29, 0.717) is 19.1 Å². The second kappa shape index (κ2) is 10.1. The summed E-state index contributed by atoms with van der Waals surface area (Å²) in [7, 11) is 0. The number of para-hydroxylation sites is 1. The van der Waals surface area contributed by atoms with Gasteiger partial charge in [0.25, 0.3) is 0 Å². The maximum atomic E-state index is 12.2. The van der Waals surface area contributed by atoms with Crippen molar-refractivity contribution in [2.24, 2.45) is 0 Å². The Kier molecular flexibility index (Phi) is 7.86. The molecule has 0 radical (unpaired) electrons. The Morgan fingerprint density at radius 3 is 2.44 bits per heavy atom. The molecule has 0 aromatic heterocycles. The van der Waals surface area contributed by atoms with Crippen LogP contribution in [0, 0.1) is 0 Å². The van der Waals surface area contributed by atoms with Crippen molar-refractivity contribution < 1.29 is 9.53 Å². The van der Waals surface area contributed by atoms with Crippen LogP contribution >= 0.6 is 11.8 Å². The number of thioether (sulfide) groups is 1. The number of ether oxygens (including phenoxy) is 1. The molecule has 0 unspecified atom stereocenters. The quantitative estimate of drug-likeness (QED) is 0.665. The first kappa shape index (κ1) is 19.4. The first-order valence-corrected chi connectivity index (χ1v) is 9.77. The molecule has 0 bridgehead atoms. The summed E-state index contributed by atoms with van der Waals surface area (Å²) >= 11 is 1.65. The first-order chi connectivity index (χ1) is 12.1. The van der Waals surface area contributed by atoms with Crippen molar-refractivity contribution >= 4 is 17.7 Å². The normalized spacial score (nSPS) is 12.0. The van der Waals surface area contributed by atoms with Crippen LogP contribution < -0.4 is 10.1 Å². The molecule has 0 fully saturated rings. The minimum absolute atomic E-state index is 0.0571. The largest absolute Gasteiger partial charge is 0.491 e. The number of hydrogen-bond donors (Lipinski definition) is 1. The predicted molar refractivity (Wildman–Crippen MR) is 106 cm³/mol. The summed E-state index contributed by atoms with van der Waals surface area (Å²) in [6.45, 7) is 7.23. The van der Waals surface area contributed by atoms with Gasteiger partial charge in [-0.1, -0.05) is 62.4 Å². The van der Waals surface area contributed by atoms with E-state index in [4.69, 9.17) is 4.74 Å². The van der Waals surface area contributed by atoms with Crippen LogP contribution in [0.4, 0.5) is 0 Å². The summed E-state index contributed by atoms with van der Waals surface area (Å²) in [6, 6.07) is 18.3. The number of carbonyl (C=O) groups excluding carboxylic acids is 1. The fourth-order valence-electron chi connectivity index (χ4n) is 2.44. The molecule has 4 heteroatoms. The van der Waals surface area contributed by atoms with Crippen molar-refractivity contribution in [1.29, 1.82) is 0 Å². The van der Waals surface area contributed by atoms with Crippen LogP contribution in [0.1, 0.15) is 37.8 Å². The van der Waals surface area contributed by atoms with Gasteiger partial charge in [0.1, 0.15) is 12.4 Å². The fraction of sp³-hybridized carbons (Fsp3) is 0.381. The van der Waals surface area contributed by atoms with Crippen LogP contribution in [-0.2, 0) is 10.5 Å². The van der Waals surface area contributed by atoms with Crippen molar-refractivity contribution in [3.63, 3.8) is 0 Å². The molecule has 0 aliphatic heterocycles. The van der Waals surface area contributed by atoms with E-state index in [1.807, 2.05) is 43.3 Å². The summed E-state index contributed by atoms with van der Waals surface area (Å²) < 4.78 is 5.84. The smallest absolute Gasteiger partial charge is 0.232 e. The molecule has 1 amide bonds. The second-order valence-corrected chi connectivity index (χ2v) is 7.60. The molecule has 0 spiro atoms. The van der Waals surface area contributed by atoms with E-state index in [0.717, 1.165) is 11.5 Å². The van der Waals surface area contributed by atoms with Gasteiger partial charge < -0.3 is 10.1 Å². The molecular weight excluding hydrogens is 330 g/mol. The molecule has 0 heterocycles. The number of amides is 1. The number of hydrogen-bond acceptors (Lipinski definition) is 3. The molecule has 1 atom stereocenters. The fourth-order valence-corrected chi connectivity index (χ4v) is 3.31. The SMILES string of the molecule is CC(C)c1ccccc1OCCNC(=O)[C@H](C)SCc1ccccc1. The van der Waals surface area contributed by atoms with Crippen molar-refractivity contribution in [3.8, 4) is 5.75 Å². The van der Waals surface area contributed by atoms with Crippen molar-refractivity contribution in [2.75, 3.05) is 13.2 Å². The molecule has 25 heavy (non-hydrogen) atoms. The van der Waals surface area contributed by atoms with E-state index >= 15 is 0 Å². The Morgan fingerprint density at radius 2 is 1.72 bits per heavy atom. The molecule has 0 aliphatic carbocycles. The Morgan fingerprint density at radius 1 is 1.04 bits per heavy atom. The van der Waals surface area contributed by atoms with Crippen molar-refractivity contribution in [1.82, 2.24) is 5.32 Å². The number of rotatable bonds is 9. The molecule has 2 aromatic carbocycles. The molecule has 2 rings (SSSR count). The maximum Gasteiger partial charge on any atom is 0.232 e. The van der Waals surface area contributed by atoms with Gasteiger partial charge in [0.15, 0.2) is 0 Å². The van der Waals surface area contributed by atoms with Crippen LogP contribution in [0.5, 0.6) is 5.75 Å². The highest BCUT2D eigenvalue weighted by Crippen LogP contribution is 2.25. The van der Waals surface area contributed by atoms with Gasteiger partial charge in [0.05, 0.1) is 11.8 Å². The highest BCUT2D eigenvalue weighted by Gasteiger charge is 2.13. The molecule has 3 nitrogen and oxygen atoms in total. The summed E-state index contributed by atoms with van der Waals surface area (Å²) in [5.41, 5.74) is 2.43. The lowest BCUT2D eigenvalue weighted by Gasteiger charge is -2.15. The van der Waals surface area contributed by atoms with Gasteiger partial charge in [-0.15, -0.1) is 11.8 Å². The number of carbonyl (C=O) groups is 1. The Bertz CT molecular complexity index is 658. The average Bonchev–Trinajstić information content (AvgIpc) is 2.64. The Hall–Kier alpha value is -1.94. The van der Waals surface area contributed by atoms with Crippen LogP contribution in [0.3, 0.4) is 0 Å². The summed E-state index contributed by atoms with van der Waals surface area (Å²) in [6.07, 6.45) is 0. The van der Waals surface area contributed by atoms with Crippen LogP contribution in [0.25, 0.3) is 0 Å². The van der Waals surface area contributed by atoms with Gasteiger partial charge in [-0.05, 0) is 30.0 Å². The molecule has 0 aliphatic rings. The van der Waals surface area contributed by atoms with Crippen molar-refractivity contribution in [3.05, 3.63) is 65.7 Å². The first-order valence-electron chi connectivity index (χ1n) is 8.73. The number of nitrogens with one attached hydrogen (secondary N) is 1. The zero-order valence-corrected chi connectivity index (χ0v) is 16.0. The third-order valence-corrected chi connectivity index (χ3v) is 5.13. The Labute approximate surface area is 155 Å². The predicted octanol–water partition coefficient (Wildman–Crippen LogP) is 4.63. The minimum Gasteiger partial charge on any atom is -0.491 e. The molecule has 0 saturated heterocycles. The van der Waals surface area contributed by atoms with E-state index in [1.54, 1.807) is 11.8 Å². The van der Waals surface area contributed by atoms with E-state index in [9.17, 15) is 4.79 Å². The Balaban J connectivity index is 1.70. The lowest BCUT2D eigenvalue weighted by atomic mass is 10.0. The van der Waals surface area contributed by atoms with Gasteiger partial charge >= 0.3 is 0 Å². The third kappa shape index (κ3) is 6.46. The van der Waals surface area contributed by atoms with E-state index in [1.165, 1.54) is 11.1 Å². The standard InChI is InChI=1S/C21H27NO2S/c1-16(2)19-11-7-8-12-20(19)24-14-13-22-21(23)17(3)25-15-18-9-5-4-6-10-18/h4-12,16-17H,13-15H2,1-3H3,(H,22,23)/t17-/m0/s1. The summed E-state index contributed by atoms with van der Waals surface area (Å²) in [5.74, 6) is 2.22. The summed E-state index contributed by atoms with van der Waals surface area (Å²) in [4.78, 5) is 12.2. The van der Waals surface area contributed by atoms with Crippen LogP contribution in [-0.4, -0.2) is 24.3 Å². The molecule has 134 valence electrons. The molecule has 0 saturated carbocycles. The minimum atomic E-state index is -0.0804. The average molecular weight is 358 g/mol.